The van der Waals surface area contributed by atoms with Crippen LogP contribution in [-0.4, -0.2) is 18.4 Å². The van der Waals surface area contributed by atoms with Crippen LogP contribution < -0.4 is 0 Å². The Balaban J connectivity index is 3.67. The largest absolute Gasteiger partial charge is 0.346 e. The van der Waals surface area contributed by atoms with E-state index in [2.05, 4.69) is 9.97 Å². The first-order valence-electron chi connectivity index (χ1n) is 2.21. The molecule has 0 atom stereocenters. The third-order valence-electron chi connectivity index (χ3n) is 0.758. The Kier molecular flexibility index (Phi) is 1.64. The standard InChI is InChI=1S/C4H4N2O2S/c7-9(8)4-3-5-1-2-6-4/h1-3,6H. The third kappa shape index (κ3) is 1.39. The van der Waals surface area contributed by atoms with E-state index < -0.39 is 10.3 Å². The van der Waals surface area contributed by atoms with Crippen LogP contribution in [0.2, 0.25) is 0 Å². The highest BCUT2D eigenvalue weighted by molar-refractivity contribution is 7.63. The normalized spacial score (nSPS) is 8.89. The first-order valence-corrected chi connectivity index (χ1v) is 3.29. The summed E-state index contributed by atoms with van der Waals surface area (Å²) in [6.45, 7) is 0. The molecule has 5 heteroatoms. The Morgan fingerprint density at radius 3 is 2.67 bits per heavy atom. The summed E-state index contributed by atoms with van der Waals surface area (Å²) < 4.78 is 20.4. The monoisotopic (exact) mass is 144 g/mol. The Morgan fingerprint density at radius 2 is 2.33 bits per heavy atom. The maximum Gasteiger partial charge on any atom is 0.239 e. The molecule has 1 aromatic rings. The lowest BCUT2D eigenvalue weighted by Crippen LogP contribution is -1.76. The van der Waals surface area contributed by atoms with Gasteiger partial charge in [-0.15, -0.1) is 0 Å². The molecule has 0 aromatic carbocycles. The van der Waals surface area contributed by atoms with Crippen molar-refractivity contribution in [2.45, 2.75) is 0 Å². The van der Waals surface area contributed by atoms with Gasteiger partial charge in [-0.1, -0.05) is 0 Å². The highest BCUT2D eigenvalue weighted by Gasteiger charge is 1.75. The molecule has 0 saturated carbocycles. The zero-order chi connectivity index (χ0) is 6.69. The van der Waals surface area contributed by atoms with Crippen LogP contribution in [0.4, 0.5) is 0 Å². The van der Waals surface area contributed by atoms with E-state index in [0.29, 0.717) is 0 Å². The second-order valence-corrected chi connectivity index (χ2v) is 2.25. The lowest BCUT2D eigenvalue weighted by Gasteiger charge is -1.76. The predicted molar refractivity (Wildman–Crippen MR) is 30.8 cm³/mol. The Bertz CT molecular complexity index is 325. The molecule has 0 aliphatic heterocycles. The molecule has 0 bridgehead atoms. The number of hydrogen-bond donors (Lipinski definition) is 1. The number of aromatic nitrogens is 2. The third-order valence-corrected chi connectivity index (χ3v) is 1.34. The van der Waals surface area contributed by atoms with Crippen molar-refractivity contribution in [2.75, 3.05) is 0 Å². The van der Waals surface area contributed by atoms with Crippen molar-refractivity contribution in [3.05, 3.63) is 23.2 Å². The molecule has 0 spiro atoms. The zero-order valence-corrected chi connectivity index (χ0v) is 5.22. The van der Waals surface area contributed by atoms with Gasteiger partial charge >= 0.3 is 0 Å². The fourth-order valence-corrected chi connectivity index (χ4v) is 0.713. The maximum atomic E-state index is 10.1. The topological polar surface area (TPSA) is 62.8 Å². The number of nitrogens with one attached hydrogen (secondary N) is 1. The van der Waals surface area contributed by atoms with E-state index in [0.717, 1.165) is 0 Å². The van der Waals surface area contributed by atoms with E-state index in [4.69, 9.17) is 0 Å². The molecule has 1 heterocycles. The zero-order valence-electron chi connectivity index (χ0n) is 4.40. The Hall–Kier alpha value is -1.10. The smallest absolute Gasteiger partial charge is 0.239 e. The molecule has 4 nitrogen and oxygen atoms in total. The molecule has 9 heavy (non-hydrogen) atoms. The Labute approximate surface area is 52.7 Å². The van der Waals surface area contributed by atoms with E-state index in [1.807, 2.05) is 0 Å². The van der Waals surface area contributed by atoms with Crippen LogP contribution in [0.25, 0.3) is 0 Å². The Morgan fingerprint density at radius 1 is 1.56 bits per heavy atom. The van der Waals surface area contributed by atoms with Gasteiger partial charge in [0, 0.05) is 12.4 Å². The second-order valence-electron chi connectivity index (χ2n) is 1.34. The van der Waals surface area contributed by atoms with Gasteiger partial charge in [-0.05, 0) is 0 Å². The van der Waals surface area contributed by atoms with E-state index in [9.17, 15) is 8.42 Å². The summed E-state index contributed by atoms with van der Waals surface area (Å²) in [6.07, 6.45) is 4.16. The molecule has 0 unspecified atom stereocenters. The molecule has 0 aliphatic rings. The minimum absolute atomic E-state index is 0.0949. The number of aromatic amines is 1. The first kappa shape index (κ1) is 6.03. The first-order chi connectivity index (χ1) is 4.30. The molecule has 0 radical (unpaired) electrons. The quantitative estimate of drug-likeness (QED) is 0.514. The van der Waals surface area contributed by atoms with Gasteiger partial charge in [0.25, 0.3) is 0 Å². The van der Waals surface area contributed by atoms with Crippen LogP contribution >= 0.6 is 0 Å². The number of rotatable bonds is 0. The molecular weight excluding hydrogens is 140 g/mol. The molecule has 1 N–H and O–H groups in total. The van der Waals surface area contributed by atoms with Gasteiger partial charge in [0.2, 0.25) is 10.3 Å². The highest BCUT2D eigenvalue weighted by atomic mass is 32.2. The summed E-state index contributed by atoms with van der Waals surface area (Å²) in [5.74, 6) is 0. The van der Waals surface area contributed by atoms with E-state index in [1.165, 1.54) is 18.6 Å². The summed E-state index contributed by atoms with van der Waals surface area (Å²) in [7, 11) is -2.20. The van der Waals surface area contributed by atoms with E-state index in [-0.39, 0.29) is 4.64 Å². The molecule has 0 aliphatic carbocycles. The summed E-state index contributed by atoms with van der Waals surface area (Å²) in [5, 5.41) is 0. The number of nitrogens with zero attached hydrogens (tertiary/aromatic N) is 1. The van der Waals surface area contributed by atoms with Gasteiger partial charge in [0.05, 0.1) is 6.20 Å². The van der Waals surface area contributed by atoms with Crippen LogP contribution in [0.3, 0.4) is 0 Å². The van der Waals surface area contributed by atoms with Crippen molar-refractivity contribution in [3.63, 3.8) is 0 Å². The minimum Gasteiger partial charge on any atom is -0.346 e. The van der Waals surface area contributed by atoms with Gasteiger partial charge in [-0.2, -0.15) is 8.42 Å². The number of hydrogen-bond acceptors (Lipinski definition) is 3. The molecule has 0 amide bonds. The van der Waals surface area contributed by atoms with Crippen molar-refractivity contribution >= 4 is 10.3 Å². The molecule has 0 saturated heterocycles. The van der Waals surface area contributed by atoms with Crippen molar-refractivity contribution in [3.8, 4) is 0 Å². The van der Waals surface area contributed by atoms with Gasteiger partial charge in [-0.3, -0.25) is 4.98 Å². The molecule has 1 aromatic heterocycles. The number of H-pyrrole nitrogens is 1. The lowest BCUT2D eigenvalue weighted by atomic mass is 10.8. The van der Waals surface area contributed by atoms with Gasteiger partial charge < -0.3 is 4.98 Å². The summed E-state index contributed by atoms with van der Waals surface area (Å²) in [5.41, 5.74) is 0. The van der Waals surface area contributed by atoms with Crippen LogP contribution in [0, 0.1) is 4.64 Å². The van der Waals surface area contributed by atoms with Crippen LogP contribution in [0.5, 0.6) is 0 Å². The summed E-state index contributed by atoms with van der Waals surface area (Å²) in [4.78, 5) is 6.07. The molecule has 48 valence electrons. The highest BCUT2D eigenvalue weighted by Crippen LogP contribution is 1.73. The van der Waals surface area contributed by atoms with Crippen LogP contribution in [0.15, 0.2) is 18.6 Å². The van der Waals surface area contributed by atoms with E-state index in [1.54, 1.807) is 0 Å². The summed E-state index contributed by atoms with van der Waals surface area (Å²) >= 11 is 0. The fraction of sp³-hybridized carbons (Fsp3) is 0. The lowest BCUT2D eigenvalue weighted by molar-refractivity contribution is 0.624. The van der Waals surface area contributed by atoms with Crippen LogP contribution in [0.1, 0.15) is 0 Å². The van der Waals surface area contributed by atoms with E-state index >= 15 is 0 Å². The second kappa shape index (κ2) is 2.45. The van der Waals surface area contributed by atoms with Crippen LogP contribution in [-0.2, 0) is 10.3 Å². The predicted octanol–water partition coefficient (Wildman–Crippen LogP) is -0.179. The molecule has 0 fully saturated rings. The van der Waals surface area contributed by atoms with Gasteiger partial charge in [-0.25, -0.2) is 0 Å². The van der Waals surface area contributed by atoms with Crippen molar-refractivity contribution in [1.82, 2.24) is 9.97 Å². The van der Waals surface area contributed by atoms with Crippen molar-refractivity contribution in [2.24, 2.45) is 0 Å². The van der Waals surface area contributed by atoms with Crippen molar-refractivity contribution < 1.29 is 8.42 Å². The molecule has 1 rings (SSSR count). The average molecular weight is 144 g/mol. The minimum atomic E-state index is -2.20. The SMILES string of the molecule is O=S(=O)=c1cncc[nH]1. The van der Waals surface area contributed by atoms with Crippen molar-refractivity contribution in [1.29, 1.82) is 0 Å². The molecular formula is C4H4N2O2S. The fourth-order valence-electron chi connectivity index (χ4n) is 0.402. The average Bonchev–Trinajstić information content (AvgIpc) is 1.90. The van der Waals surface area contributed by atoms with Gasteiger partial charge in [0.15, 0.2) is 4.64 Å². The van der Waals surface area contributed by atoms with Gasteiger partial charge in [0.1, 0.15) is 0 Å². The maximum absolute atomic E-state index is 10.1. The summed E-state index contributed by atoms with van der Waals surface area (Å²) in [6, 6.07) is 0.